The van der Waals surface area contributed by atoms with E-state index in [0.29, 0.717) is 0 Å². The maximum atomic E-state index is 13.4. The topological polar surface area (TPSA) is 709 Å². The molecule has 8 heterocycles. The quantitative estimate of drug-likeness (QED) is 0.0297. The van der Waals surface area contributed by atoms with E-state index in [9.17, 15) is 132 Å². The fourth-order valence-electron chi connectivity index (χ4n) is 13.2. The Labute approximate surface area is 590 Å². The average Bonchev–Trinajstić information content (AvgIpc) is 0.779. The normalized spacial score (nSPS) is 47.6. The summed E-state index contributed by atoms with van der Waals surface area (Å²) in [4.78, 5) is 49.5. The highest BCUT2D eigenvalue weighted by Gasteiger charge is 2.61. The molecule has 0 radical (unpaired) electrons. The lowest BCUT2D eigenvalue weighted by molar-refractivity contribution is -0.397. The largest absolute Gasteiger partial charge is 0.394 e. The van der Waals surface area contributed by atoms with Gasteiger partial charge >= 0.3 is 0 Å². The Hall–Kier alpha value is -3.64. The molecule has 0 spiro atoms. The van der Waals surface area contributed by atoms with Crippen molar-refractivity contribution < 1.29 is 207 Å². The van der Waals surface area contributed by atoms with Crippen LogP contribution in [0.4, 0.5) is 0 Å². The molecule has 602 valence electrons. The molecular formula is C58H98N4O42. The van der Waals surface area contributed by atoms with Gasteiger partial charge in [0.15, 0.2) is 50.3 Å². The fraction of sp³-hybridized carbons (Fsp3) is 0.931. The molecule has 8 saturated heterocycles. The summed E-state index contributed by atoms with van der Waals surface area (Å²) in [6, 6.07) is -6.57. The summed E-state index contributed by atoms with van der Waals surface area (Å²) in [5.74, 6) is -2.70. The minimum atomic E-state index is -2.42. The van der Waals surface area contributed by atoms with Crippen LogP contribution in [-0.2, 0) is 95.0 Å². The molecule has 8 rings (SSSR count). The molecule has 0 aromatic rings. The van der Waals surface area contributed by atoms with E-state index in [0.717, 1.165) is 20.8 Å². The number of rotatable bonds is 30. The summed E-state index contributed by atoms with van der Waals surface area (Å²) in [6.45, 7) is -4.52. The Bertz CT molecular complexity index is 2680. The molecule has 0 bridgehead atoms. The second kappa shape index (κ2) is 38.3. The van der Waals surface area contributed by atoms with Crippen molar-refractivity contribution in [3.8, 4) is 0 Å². The van der Waals surface area contributed by atoms with Gasteiger partial charge in [-0.25, -0.2) is 0 Å². The number of nitrogens with one attached hydrogen (secondary N) is 4. The van der Waals surface area contributed by atoms with E-state index in [-0.39, 0.29) is 6.41 Å². The number of aliphatic hydroxyl groups excluding tert-OH is 22. The lowest BCUT2D eigenvalue weighted by Crippen LogP contribution is -2.72. The van der Waals surface area contributed by atoms with E-state index in [1.165, 1.54) is 6.92 Å². The van der Waals surface area contributed by atoms with Crippen LogP contribution in [0, 0.1) is 0 Å². The summed E-state index contributed by atoms with van der Waals surface area (Å²) in [6.07, 6.45) is -73.8. The summed E-state index contributed by atoms with van der Waals surface area (Å²) in [5.41, 5.74) is 0. The number of hydrogen-bond acceptors (Lipinski definition) is 42. The molecule has 41 atom stereocenters. The van der Waals surface area contributed by atoms with Gasteiger partial charge < -0.3 is 209 Å². The smallest absolute Gasteiger partial charge is 0.217 e. The zero-order valence-electron chi connectivity index (χ0n) is 56.1. The Kier molecular flexibility index (Phi) is 31.7. The maximum Gasteiger partial charge on any atom is 0.217 e. The first-order chi connectivity index (χ1) is 49.3. The average molecular weight is 1520 g/mol. The Morgan fingerprint density at radius 2 is 0.644 bits per heavy atom. The summed E-state index contributed by atoms with van der Waals surface area (Å²) in [7, 11) is 0. The predicted octanol–water partition coefficient (Wildman–Crippen LogP) is -17.9. The minimum absolute atomic E-state index is 0.253. The van der Waals surface area contributed by atoms with Gasteiger partial charge in [0.25, 0.3) is 0 Å². The third-order valence-corrected chi connectivity index (χ3v) is 18.8. The summed E-state index contributed by atoms with van der Waals surface area (Å²) < 4.78 is 94.5. The number of amides is 4. The first-order valence-electron chi connectivity index (χ1n) is 33.2. The molecule has 26 N–H and O–H groups in total. The van der Waals surface area contributed by atoms with Crippen LogP contribution in [0.1, 0.15) is 27.7 Å². The van der Waals surface area contributed by atoms with E-state index in [1.54, 1.807) is 0 Å². The molecule has 0 aromatic carbocycles. The fourth-order valence-corrected chi connectivity index (χ4v) is 13.2. The van der Waals surface area contributed by atoms with E-state index < -0.39 is 329 Å². The Morgan fingerprint density at radius 1 is 0.327 bits per heavy atom. The number of carbonyl (C=O) groups is 4. The molecule has 0 unspecified atom stereocenters. The van der Waals surface area contributed by atoms with Crippen molar-refractivity contribution in [3.05, 3.63) is 0 Å². The van der Waals surface area contributed by atoms with Crippen LogP contribution in [0.3, 0.4) is 0 Å². The molecule has 104 heavy (non-hydrogen) atoms. The monoisotopic (exact) mass is 1520 g/mol. The molecule has 8 aliphatic heterocycles. The minimum Gasteiger partial charge on any atom is -0.394 e. The van der Waals surface area contributed by atoms with E-state index in [4.69, 9.17) is 75.8 Å². The van der Waals surface area contributed by atoms with Crippen LogP contribution in [-0.4, -0.2) is 447 Å². The zero-order valence-corrected chi connectivity index (χ0v) is 56.1. The van der Waals surface area contributed by atoms with Crippen molar-refractivity contribution in [2.75, 3.05) is 59.5 Å². The number of aliphatic hydroxyl groups is 22. The van der Waals surface area contributed by atoms with E-state index in [1.807, 2.05) is 0 Å². The summed E-state index contributed by atoms with van der Waals surface area (Å²) >= 11 is 0. The molecular weight excluding hydrogens is 1420 g/mol. The highest BCUT2D eigenvalue weighted by atomic mass is 16.8. The van der Waals surface area contributed by atoms with Crippen LogP contribution in [0.15, 0.2) is 0 Å². The van der Waals surface area contributed by atoms with Crippen LogP contribution >= 0.6 is 0 Å². The van der Waals surface area contributed by atoms with Crippen LogP contribution in [0.2, 0.25) is 0 Å². The lowest BCUT2D eigenvalue weighted by Gasteiger charge is -2.52. The van der Waals surface area contributed by atoms with Gasteiger partial charge in [0.1, 0.15) is 189 Å². The third-order valence-electron chi connectivity index (χ3n) is 18.8. The Balaban J connectivity index is 1.06. The van der Waals surface area contributed by atoms with Gasteiger partial charge in [0.05, 0.1) is 71.6 Å². The highest BCUT2D eigenvalue weighted by Crippen LogP contribution is 2.40. The molecule has 46 nitrogen and oxygen atoms in total. The van der Waals surface area contributed by atoms with E-state index in [2.05, 4.69) is 21.3 Å². The van der Waals surface area contributed by atoms with Gasteiger partial charge in [0, 0.05) is 20.8 Å². The van der Waals surface area contributed by atoms with Gasteiger partial charge in [0.2, 0.25) is 24.1 Å². The van der Waals surface area contributed by atoms with Crippen LogP contribution in [0.25, 0.3) is 0 Å². The number of hydrogen-bond donors (Lipinski definition) is 26. The molecule has 0 aromatic heterocycles. The van der Waals surface area contributed by atoms with Crippen molar-refractivity contribution in [2.45, 2.75) is 279 Å². The van der Waals surface area contributed by atoms with Crippen LogP contribution < -0.4 is 21.3 Å². The van der Waals surface area contributed by atoms with Gasteiger partial charge in [-0.1, -0.05) is 0 Å². The Morgan fingerprint density at radius 3 is 1.06 bits per heavy atom. The van der Waals surface area contributed by atoms with Crippen molar-refractivity contribution in [1.29, 1.82) is 0 Å². The number of carbonyl (C=O) groups excluding carboxylic acids is 4. The molecule has 8 fully saturated rings. The van der Waals surface area contributed by atoms with Gasteiger partial charge in [-0.15, -0.1) is 0 Å². The second-order valence-corrected chi connectivity index (χ2v) is 26.0. The van der Waals surface area contributed by atoms with Gasteiger partial charge in [-0.2, -0.15) is 0 Å². The summed E-state index contributed by atoms with van der Waals surface area (Å²) in [5, 5.41) is 253. The highest BCUT2D eigenvalue weighted by molar-refractivity contribution is 5.74. The molecule has 0 aliphatic carbocycles. The zero-order chi connectivity index (χ0) is 76.6. The molecule has 8 aliphatic rings. The van der Waals surface area contributed by atoms with Crippen molar-refractivity contribution in [2.24, 2.45) is 0 Å². The third kappa shape index (κ3) is 19.2. The van der Waals surface area contributed by atoms with Gasteiger partial charge in [-0.05, 0) is 6.92 Å². The molecule has 46 heteroatoms. The SMILES string of the molecule is CC(=O)N[C@H]1[C@H](O[C@H]2[C@@H](O)[C@@H](CO)O[C@@H](O[C@H]3[C@H](O[C@@H]4O[C@@H](C)[C@@H](O)[C@@H](O)[C@@H]4O)[C@@H](NC(C)=O)[C@H](O[C@H]4[C@@H](O)[C@@H](CO)O[C@@H](O[C@H]5[C@H](O)[C@@H](O)[C@H](OC[C@@H](CO)NC=O)O[C@@H]5CO)[C@@H]4O)O[C@@H]3CO)[C@@H]2O)O[C@H](CO)[C@@H](O[C@@H]2O[C@H](CO)[C@H](O)[C@H](O[C@@H]3O[C@H](CO)[C@@H](O)[C@H](O)[C@H]3NC(C)=O)[C@H]2O)[C@@H]1O. The van der Waals surface area contributed by atoms with Crippen molar-refractivity contribution in [3.63, 3.8) is 0 Å². The first kappa shape index (κ1) is 86.0. The first-order valence-corrected chi connectivity index (χ1v) is 33.2. The lowest BCUT2D eigenvalue weighted by atomic mass is 9.93. The van der Waals surface area contributed by atoms with Gasteiger partial charge in [-0.3, -0.25) is 19.2 Å². The maximum absolute atomic E-state index is 13.4. The van der Waals surface area contributed by atoms with E-state index >= 15 is 0 Å². The molecule has 4 amide bonds. The number of ether oxygens (including phenoxy) is 16. The standard InChI is InChI=1S/C58H98N4O42/c1-15-30(75)37(82)39(84)55(90-15)101-47-29(62-18(4)74)53(104-50-34(79)22(8-66)93-57(42(50)87)99-45-25(11-69)97-54(40(85)38(45)83)89-13-19(5-63)59-14-71)96-26(12-70)46(47)100-58-43(88)49(33(78)23(9-67)94-58)103-52-28(61-17(3)73)36(81)44(24(10-68)95-52)98-56-41(86)48(32(77)21(7-65)92-56)102-51-27(60-16(2)72)35(80)31(76)20(6-64)91-51/h14-15,19-58,63-70,75-88H,5-13H2,1-4H3,(H,59,71)(H,60,72)(H,61,73)(H,62,74)/t15-,19+,20+,21+,22+,23+,24+,25+,26+,27+,28+,29+,30+,31+,32-,33-,34-,35+,36+,37+,38+,39-,40+,41+,42+,43+,44+,45+,46+,47+,48-,49-,50-,51-,52-,53-,54+,55-,56-,57-,58-/m0/s1. The second-order valence-electron chi connectivity index (χ2n) is 26.0. The van der Waals surface area contributed by atoms with Crippen molar-refractivity contribution >= 4 is 24.1 Å². The predicted molar refractivity (Wildman–Crippen MR) is 322 cm³/mol. The molecule has 0 saturated carbocycles. The van der Waals surface area contributed by atoms with Crippen molar-refractivity contribution in [1.82, 2.24) is 21.3 Å². The van der Waals surface area contributed by atoms with Crippen LogP contribution in [0.5, 0.6) is 0 Å².